The highest BCUT2D eigenvalue weighted by atomic mass is 32.2. The van der Waals surface area contributed by atoms with Gasteiger partial charge in [-0.3, -0.25) is 9.59 Å². The summed E-state index contributed by atoms with van der Waals surface area (Å²) in [6.07, 6.45) is 0. The van der Waals surface area contributed by atoms with Crippen LogP contribution in [0.4, 0.5) is 4.79 Å². The number of carbonyl (C=O) groups excluding carboxylic acids is 3. The van der Waals surface area contributed by atoms with E-state index >= 15 is 0 Å². The van der Waals surface area contributed by atoms with Crippen molar-refractivity contribution in [1.82, 2.24) is 20.9 Å². The number of hydrogen-bond donors (Lipinski definition) is 4. The number of hydrogen-bond acceptors (Lipinski definition) is 5. The first kappa shape index (κ1) is 28.2. The standard InChI is InChI=1S/C30H35N5O3S/c1-19(33-29(38)32-4)23-10-6-7-11-24(23)21-15-13-20(14-16-21)17-35-18-22-9-5-8-12-25(22)39-26(27(35)36)34-28(37)30(2,3)31/h5-16,19,26H,17-18,31H2,1-4H3,(H,34,37)(H2,32,33,38)/t19?,26-/m1/s1. The smallest absolute Gasteiger partial charge is 0.315 e. The molecule has 3 aromatic rings. The maximum absolute atomic E-state index is 13.6. The van der Waals surface area contributed by atoms with Crippen LogP contribution in [0.1, 0.15) is 43.5 Å². The second-order valence-electron chi connectivity index (χ2n) is 10.2. The van der Waals surface area contributed by atoms with E-state index in [9.17, 15) is 14.4 Å². The Morgan fingerprint density at radius 1 is 1.05 bits per heavy atom. The molecule has 2 atom stereocenters. The summed E-state index contributed by atoms with van der Waals surface area (Å²) in [6, 6.07) is 23.5. The van der Waals surface area contributed by atoms with Gasteiger partial charge in [0.2, 0.25) is 5.91 Å². The molecule has 0 fully saturated rings. The molecule has 0 aliphatic carbocycles. The molecule has 0 radical (unpaired) electrons. The molecule has 39 heavy (non-hydrogen) atoms. The van der Waals surface area contributed by atoms with E-state index in [2.05, 4.69) is 16.0 Å². The Kier molecular flexibility index (Phi) is 8.62. The van der Waals surface area contributed by atoms with Crippen molar-refractivity contribution in [2.24, 2.45) is 5.73 Å². The number of nitrogens with two attached hydrogens (primary N) is 1. The molecule has 3 aromatic carbocycles. The van der Waals surface area contributed by atoms with Crippen LogP contribution in [0, 0.1) is 0 Å². The summed E-state index contributed by atoms with van der Waals surface area (Å²) in [4.78, 5) is 40.8. The fourth-order valence-electron chi connectivity index (χ4n) is 4.40. The summed E-state index contributed by atoms with van der Waals surface area (Å²) in [6.45, 7) is 6.02. The van der Waals surface area contributed by atoms with E-state index in [0.717, 1.165) is 32.7 Å². The number of fused-ring (bicyclic) bond motifs is 1. The molecule has 1 heterocycles. The van der Waals surface area contributed by atoms with Gasteiger partial charge in [-0.05, 0) is 54.7 Å². The molecular weight excluding hydrogens is 510 g/mol. The van der Waals surface area contributed by atoms with Gasteiger partial charge in [0.05, 0.1) is 11.6 Å². The Labute approximate surface area is 233 Å². The fraction of sp³-hybridized carbons (Fsp3) is 0.300. The van der Waals surface area contributed by atoms with Crippen LogP contribution in [0.25, 0.3) is 11.1 Å². The van der Waals surface area contributed by atoms with E-state index in [0.29, 0.717) is 13.1 Å². The van der Waals surface area contributed by atoms with Crippen molar-refractivity contribution in [3.63, 3.8) is 0 Å². The normalized spacial score (nSPS) is 16.1. The summed E-state index contributed by atoms with van der Waals surface area (Å²) < 4.78 is 0. The van der Waals surface area contributed by atoms with Gasteiger partial charge in [0, 0.05) is 25.0 Å². The molecule has 0 spiro atoms. The molecule has 204 valence electrons. The van der Waals surface area contributed by atoms with Crippen molar-refractivity contribution in [3.8, 4) is 11.1 Å². The zero-order chi connectivity index (χ0) is 28.2. The Hall–Kier alpha value is -3.82. The molecule has 4 amide bonds. The van der Waals surface area contributed by atoms with E-state index in [1.807, 2.05) is 79.7 Å². The van der Waals surface area contributed by atoms with Crippen molar-refractivity contribution >= 4 is 29.6 Å². The second-order valence-corrected chi connectivity index (χ2v) is 11.4. The van der Waals surface area contributed by atoms with E-state index in [-0.39, 0.29) is 23.9 Å². The minimum atomic E-state index is -1.10. The van der Waals surface area contributed by atoms with E-state index < -0.39 is 10.9 Å². The third-order valence-electron chi connectivity index (χ3n) is 6.60. The van der Waals surface area contributed by atoms with Crippen molar-refractivity contribution in [2.45, 2.75) is 55.7 Å². The molecule has 0 saturated carbocycles. The number of rotatable bonds is 7. The van der Waals surface area contributed by atoms with E-state index in [1.54, 1.807) is 25.8 Å². The Morgan fingerprint density at radius 3 is 2.41 bits per heavy atom. The summed E-state index contributed by atoms with van der Waals surface area (Å²) in [7, 11) is 1.59. The summed E-state index contributed by atoms with van der Waals surface area (Å²) in [5.41, 5.74) is 9.93. The monoisotopic (exact) mass is 545 g/mol. The average Bonchev–Trinajstić information content (AvgIpc) is 3.04. The number of carbonyl (C=O) groups is 3. The molecule has 5 N–H and O–H groups in total. The average molecular weight is 546 g/mol. The molecule has 1 aliphatic heterocycles. The highest BCUT2D eigenvalue weighted by Crippen LogP contribution is 2.33. The fourth-order valence-corrected chi connectivity index (χ4v) is 5.51. The highest BCUT2D eigenvalue weighted by Gasteiger charge is 2.34. The molecule has 9 heteroatoms. The van der Waals surface area contributed by atoms with Crippen molar-refractivity contribution in [1.29, 1.82) is 0 Å². The summed E-state index contributed by atoms with van der Waals surface area (Å²) >= 11 is 1.34. The van der Waals surface area contributed by atoms with E-state index in [4.69, 9.17) is 5.73 Å². The second kappa shape index (κ2) is 11.9. The molecular formula is C30H35N5O3S. The highest BCUT2D eigenvalue weighted by molar-refractivity contribution is 8.00. The van der Waals surface area contributed by atoms with Crippen LogP contribution >= 0.6 is 11.8 Å². The van der Waals surface area contributed by atoms with Crippen molar-refractivity contribution < 1.29 is 14.4 Å². The van der Waals surface area contributed by atoms with Gasteiger partial charge in [0.25, 0.3) is 5.91 Å². The van der Waals surface area contributed by atoms with Gasteiger partial charge >= 0.3 is 6.03 Å². The van der Waals surface area contributed by atoms with Gasteiger partial charge in [0.15, 0.2) is 5.37 Å². The van der Waals surface area contributed by atoms with Crippen LogP contribution in [-0.2, 0) is 22.7 Å². The summed E-state index contributed by atoms with van der Waals surface area (Å²) in [5, 5.41) is 7.60. The lowest BCUT2D eigenvalue weighted by Gasteiger charge is -2.27. The predicted octanol–water partition coefficient (Wildman–Crippen LogP) is 4.16. The molecule has 4 rings (SSSR count). The third kappa shape index (κ3) is 6.79. The summed E-state index contributed by atoms with van der Waals surface area (Å²) in [5.74, 6) is -0.548. The Morgan fingerprint density at radius 2 is 1.72 bits per heavy atom. The van der Waals surface area contributed by atoms with Crippen LogP contribution in [0.5, 0.6) is 0 Å². The third-order valence-corrected chi connectivity index (χ3v) is 7.81. The van der Waals surface area contributed by atoms with Gasteiger partial charge < -0.3 is 26.6 Å². The maximum atomic E-state index is 13.6. The van der Waals surface area contributed by atoms with Gasteiger partial charge in [-0.25, -0.2) is 4.79 Å². The van der Waals surface area contributed by atoms with Gasteiger partial charge in [-0.2, -0.15) is 0 Å². The Bertz CT molecular complexity index is 1350. The quantitative estimate of drug-likeness (QED) is 0.356. The topological polar surface area (TPSA) is 117 Å². The molecule has 0 aromatic heterocycles. The van der Waals surface area contributed by atoms with Crippen LogP contribution in [0.2, 0.25) is 0 Å². The first-order valence-corrected chi connectivity index (χ1v) is 13.7. The van der Waals surface area contributed by atoms with Crippen molar-refractivity contribution in [2.75, 3.05) is 7.05 Å². The zero-order valence-corrected chi connectivity index (χ0v) is 23.5. The van der Waals surface area contributed by atoms with Gasteiger partial charge in [0.1, 0.15) is 0 Å². The van der Waals surface area contributed by atoms with Gasteiger partial charge in [-0.15, -0.1) is 0 Å². The number of amides is 4. The minimum absolute atomic E-state index is 0.169. The first-order valence-electron chi connectivity index (χ1n) is 12.9. The number of thioether (sulfide) groups is 1. The number of nitrogens with zero attached hydrogens (tertiary/aromatic N) is 1. The number of nitrogens with one attached hydrogen (secondary N) is 3. The first-order chi connectivity index (χ1) is 18.6. The van der Waals surface area contributed by atoms with Crippen LogP contribution in [0.3, 0.4) is 0 Å². The lowest BCUT2D eigenvalue weighted by molar-refractivity contribution is -0.135. The van der Waals surface area contributed by atoms with Crippen LogP contribution in [-0.4, -0.2) is 40.7 Å². The van der Waals surface area contributed by atoms with Crippen LogP contribution in [0.15, 0.2) is 77.7 Å². The molecule has 0 bridgehead atoms. The Balaban J connectivity index is 1.57. The maximum Gasteiger partial charge on any atom is 0.315 e. The SMILES string of the molecule is CNC(=O)NC(C)c1ccccc1-c1ccc(CN2Cc3ccccc3S[C@@H](NC(=O)C(C)(C)N)C2=O)cc1. The molecule has 1 unspecified atom stereocenters. The molecule has 0 saturated heterocycles. The lowest BCUT2D eigenvalue weighted by atomic mass is 9.95. The molecule has 1 aliphatic rings. The van der Waals surface area contributed by atoms with Gasteiger partial charge in [-0.1, -0.05) is 78.5 Å². The number of urea groups is 1. The lowest BCUT2D eigenvalue weighted by Crippen LogP contribution is -2.54. The number of benzene rings is 3. The zero-order valence-electron chi connectivity index (χ0n) is 22.7. The van der Waals surface area contributed by atoms with Crippen molar-refractivity contribution in [3.05, 3.63) is 89.5 Å². The largest absolute Gasteiger partial charge is 0.341 e. The predicted molar refractivity (Wildman–Crippen MR) is 155 cm³/mol. The molecule has 8 nitrogen and oxygen atoms in total. The van der Waals surface area contributed by atoms with E-state index in [1.165, 1.54) is 11.8 Å². The van der Waals surface area contributed by atoms with Crippen LogP contribution < -0.4 is 21.7 Å². The minimum Gasteiger partial charge on any atom is -0.341 e.